The van der Waals surface area contributed by atoms with E-state index < -0.39 is 23.5 Å². The Bertz CT molecular complexity index is 1400. The molecule has 1 aliphatic carbocycles. The molecule has 1 saturated carbocycles. The van der Waals surface area contributed by atoms with E-state index >= 15 is 0 Å². The first-order chi connectivity index (χ1) is 16.3. The number of carbonyl (C=O) groups is 1. The highest BCUT2D eigenvalue weighted by Crippen LogP contribution is 2.41. The highest BCUT2D eigenvalue weighted by molar-refractivity contribution is 7.87. The topological polar surface area (TPSA) is 164 Å². The van der Waals surface area contributed by atoms with Gasteiger partial charge in [-0.1, -0.05) is 11.3 Å². The van der Waals surface area contributed by atoms with Crippen molar-refractivity contribution in [3.8, 4) is 5.75 Å². The summed E-state index contributed by atoms with van der Waals surface area (Å²) in [6, 6.07) is 10.4. The lowest BCUT2D eigenvalue weighted by Crippen LogP contribution is -2.32. The number of nitrogens with one attached hydrogen (secondary N) is 2. The number of nitrogens with zero attached hydrogens (tertiary/aromatic N) is 1. The fourth-order valence-corrected chi connectivity index (χ4v) is 5.67. The Morgan fingerprint density at radius 2 is 1.89 bits per heavy atom. The van der Waals surface area contributed by atoms with Crippen molar-refractivity contribution in [2.24, 2.45) is 5.92 Å². The van der Waals surface area contributed by atoms with Crippen LogP contribution < -0.4 is 14.8 Å². The zero-order valence-corrected chi connectivity index (χ0v) is 21.3. The van der Waals surface area contributed by atoms with Crippen LogP contribution in [0.4, 0.5) is 10.8 Å². The van der Waals surface area contributed by atoms with Crippen LogP contribution in [0.2, 0.25) is 0 Å². The first-order valence-electron chi connectivity index (χ1n) is 10.6. The maximum Gasteiger partial charge on any atom is 0.470 e. The summed E-state index contributed by atoms with van der Waals surface area (Å²) in [5, 5.41) is 6.18. The molecule has 2 aromatic carbocycles. The SMILES string of the molecule is CC(C)(CNc1ccc(S(=O)(=O)Oc2ccc3nc(NC(=O)C4CC4)sc3c2)cc1)OP(=O)(O)O. The minimum atomic E-state index is -4.65. The van der Waals surface area contributed by atoms with Crippen molar-refractivity contribution in [3.05, 3.63) is 42.5 Å². The fraction of sp³-hybridized carbons (Fsp3) is 0.333. The second-order valence-electron chi connectivity index (χ2n) is 8.67. The molecule has 0 spiro atoms. The lowest BCUT2D eigenvalue weighted by molar-refractivity contribution is -0.117. The lowest BCUT2D eigenvalue weighted by atomic mass is 10.1. The van der Waals surface area contributed by atoms with Crippen molar-refractivity contribution in [2.75, 3.05) is 17.2 Å². The molecule has 0 aliphatic heterocycles. The molecular formula is C21H24N3O8PS2. The van der Waals surface area contributed by atoms with E-state index in [0.29, 0.717) is 21.0 Å². The molecule has 1 fully saturated rings. The number of thiazole rings is 1. The number of carbonyl (C=O) groups excluding carboxylic acids is 1. The Hall–Kier alpha value is -2.54. The number of amides is 1. The van der Waals surface area contributed by atoms with Crippen molar-refractivity contribution >= 4 is 56.2 Å². The standard InChI is InChI=1S/C21H24N3O8PS2/c1-21(2,32-33(26,27)28)12-22-14-5-8-16(9-6-14)35(29,30)31-15-7-10-17-18(11-15)34-20(23-17)24-19(25)13-3-4-13/h5-11,13,22H,3-4,12H2,1-2H3,(H,23,24,25)(H2,26,27,28). The fourth-order valence-electron chi connectivity index (χ4n) is 3.15. The van der Waals surface area contributed by atoms with Gasteiger partial charge >= 0.3 is 17.9 Å². The van der Waals surface area contributed by atoms with E-state index in [-0.39, 0.29) is 29.0 Å². The third-order valence-corrected chi connectivity index (χ3v) is 7.90. The van der Waals surface area contributed by atoms with Gasteiger partial charge in [-0.25, -0.2) is 9.55 Å². The van der Waals surface area contributed by atoms with Crippen molar-refractivity contribution in [3.63, 3.8) is 0 Å². The molecule has 4 rings (SSSR count). The summed E-state index contributed by atoms with van der Waals surface area (Å²) in [6.07, 6.45) is 1.76. The van der Waals surface area contributed by atoms with Crippen LogP contribution in [-0.4, -0.2) is 41.2 Å². The molecule has 1 aromatic heterocycles. The van der Waals surface area contributed by atoms with E-state index in [0.717, 1.165) is 12.8 Å². The summed E-state index contributed by atoms with van der Waals surface area (Å²) in [5.41, 5.74) is -0.0203. The molecule has 0 saturated heterocycles. The quantitative estimate of drug-likeness (QED) is 0.220. The summed E-state index contributed by atoms with van der Waals surface area (Å²) >= 11 is 1.23. The Labute approximate surface area is 205 Å². The van der Waals surface area contributed by atoms with Gasteiger partial charge in [-0.3, -0.25) is 9.32 Å². The second-order valence-corrected chi connectivity index (χ2v) is 12.4. The van der Waals surface area contributed by atoms with Gasteiger partial charge in [-0.15, -0.1) is 0 Å². The maximum atomic E-state index is 12.7. The van der Waals surface area contributed by atoms with E-state index in [4.69, 9.17) is 18.5 Å². The molecule has 1 aliphatic rings. The lowest BCUT2D eigenvalue weighted by Gasteiger charge is -2.26. The Morgan fingerprint density at radius 1 is 1.20 bits per heavy atom. The molecule has 0 unspecified atom stereocenters. The average Bonchev–Trinajstić information content (AvgIpc) is 3.52. The van der Waals surface area contributed by atoms with Crippen LogP contribution in [0.25, 0.3) is 10.2 Å². The summed E-state index contributed by atoms with van der Waals surface area (Å²) in [7, 11) is -8.77. The van der Waals surface area contributed by atoms with E-state index in [1.165, 1.54) is 55.5 Å². The van der Waals surface area contributed by atoms with Crippen molar-refractivity contribution < 1.29 is 36.3 Å². The molecule has 0 bridgehead atoms. The minimum absolute atomic E-state index is 0.0483. The smallest absolute Gasteiger partial charge is 0.382 e. The van der Waals surface area contributed by atoms with Crippen LogP contribution in [0.5, 0.6) is 5.75 Å². The minimum Gasteiger partial charge on any atom is -0.382 e. The van der Waals surface area contributed by atoms with Gasteiger partial charge in [-0.2, -0.15) is 8.42 Å². The van der Waals surface area contributed by atoms with Crippen LogP contribution in [0.1, 0.15) is 26.7 Å². The molecule has 3 aromatic rings. The Kier molecular flexibility index (Phi) is 6.93. The number of hydrogen-bond donors (Lipinski definition) is 4. The first kappa shape index (κ1) is 25.5. The molecule has 35 heavy (non-hydrogen) atoms. The number of rotatable bonds is 10. The predicted octanol–water partition coefficient (Wildman–Crippen LogP) is 3.71. The van der Waals surface area contributed by atoms with Crippen molar-refractivity contribution in [1.29, 1.82) is 0 Å². The number of anilines is 2. The van der Waals surface area contributed by atoms with Gasteiger partial charge in [0.05, 0.1) is 15.8 Å². The summed E-state index contributed by atoms with van der Waals surface area (Å²) in [6.45, 7) is 3.09. The number of phosphoric ester groups is 1. The van der Waals surface area contributed by atoms with Crippen LogP contribution in [0.3, 0.4) is 0 Å². The van der Waals surface area contributed by atoms with Crippen LogP contribution in [0, 0.1) is 5.92 Å². The summed E-state index contributed by atoms with van der Waals surface area (Å²) < 4.78 is 47.2. The Morgan fingerprint density at radius 3 is 2.51 bits per heavy atom. The zero-order valence-electron chi connectivity index (χ0n) is 18.8. The molecule has 0 atom stereocenters. The van der Waals surface area contributed by atoms with E-state index in [9.17, 15) is 17.8 Å². The molecule has 1 amide bonds. The molecule has 14 heteroatoms. The number of hydrogen-bond acceptors (Lipinski definition) is 9. The predicted molar refractivity (Wildman–Crippen MR) is 131 cm³/mol. The van der Waals surface area contributed by atoms with Crippen molar-refractivity contribution in [2.45, 2.75) is 37.2 Å². The molecule has 11 nitrogen and oxygen atoms in total. The monoisotopic (exact) mass is 541 g/mol. The third kappa shape index (κ3) is 7.00. The van der Waals surface area contributed by atoms with Gasteiger partial charge < -0.3 is 24.6 Å². The average molecular weight is 542 g/mol. The Balaban J connectivity index is 1.41. The summed E-state index contributed by atoms with van der Waals surface area (Å²) in [5.74, 6) is 0.103. The van der Waals surface area contributed by atoms with E-state index in [2.05, 4.69) is 15.6 Å². The van der Waals surface area contributed by atoms with Gasteiger partial charge in [-0.05, 0) is 63.1 Å². The maximum absolute atomic E-state index is 12.7. The highest BCUT2D eigenvalue weighted by atomic mass is 32.2. The third-order valence-electron chi connectivity index (χ3n) is 4.97. The number of benzene rings is 2. The second kappa shape index (κ2) is 9.49. The molecule has 1 heterocycles. The van der Waals surface area contributed by atoms with Crippen LogP contribution in [0.15, 0.2) is 47.4 Å². The number of fused-ring (bicyclic) bond motifs is 1. The van der Waals surface area contributed by atoms with Crippen LogP contribution >= 0.6 is 19.2 Å². The normalized spacial score (nSPS) is 14.6. The molecule has 4 N–H and O–H groups in total. The van der Waals surface area contributed by atoms with Gasteiger partial charge in [0, 0.05) is 24.2 Å². The van der Waals surface area contributed by atoms with Crippen molar-refractivity contribution in [1.82, 2.24) is 4.98 Å². The van der Waals surface area contributed by atoms with Crippen LogP contribution in [-0.2, 0) is 24.0 Å². The first-order valence-corrected chi connectivity index (χ1v) is 14.3. The van der Waals surface area contributed by atoms with E-state index in [1.807, 2.05) is 0 Å². The van der Waals surface area contributed by atoms with Gasteiger partial charge in [0.25, 0.3) is 0 Å². The molecule has 188 valence electrons. The highest BCUT2D eigenvalue weighted by Gasteiger charge is 2.30. The van der Waals surface area contributed by atoms with Gasteiger partial charge in [0.1, 0.15) is 10.6 Å². The number of phosphoric acid groups is 1. The van der Waals surface area contributed by atoms with Gasteiger partial charge in [0.2, 0.25) is 5.91 Å². The van der Waals surface area contributed by atoms with Gasteiger partial charge in [0.15, 0.2) is 5.13 Å². The molecule has 0 radical (unpaired) electrons. The molecular weight excluding hydrogens is 517 g/mol. The number of aromatic nitrogens is 1. The largest absolute Gasteiger partial charge is 0.470 e. The van der Waals surface area contributed by atoms with E-state index in [1.54, 1.807) is 12.1 Å². The zero-order chi connectivity index (χ0) is 25.4. The summed E-state index contributed by atoms with van der Waals surface area (Å²) in [4.78, 5) is 34.2.